The number of nitrogens with zero attached hydrogens (tertiary/aromatic N) is 3. The minimum absolute atomic E-state index is 0.0754. The Bertz CT molecular complexity index is 1120. The summed E-state index contributed by atoms with van der Waals surface area (Å²) in [5, 5.41) is 7.03. The van der Waals surface area contributed by atoms with Gasteiger partial charge in [0.2, 0.25) is 0 Å². The average Bonchev–Trinajstić information content (AvgIpc) is 3.13. The lowest BCUT2D eigenvalue weighted by atomic mass is 9.83. The molecule has 3 rings (SSSR count). The maximum atomic E-state index is 14.7. The topological polar surface area (TPSA) is 59.8 Å². The van der Waals surface area contributed by atoms with Crippen molar-refractivity contribution < 1.29 is 26.7 Å². The first-order chi connectivity index (χ1) is 17.0. The highest BCUT2D eigenvalue weighted by atomic mass is 35.5. The number of carbonyl (C=O) groups is 1. The van der Waals surface area contributed by atoms with Crippen LogP contribution in [-0.4, -0.2) is 33.4 Å². The third-order valence-corrected chi connectivity index (χ3v) is 7.53. The van der Waals surface area contributed by atoms with E-state index in [0.717, 1.165) is 51.8 Å². The van der Waals surface area contributed by atoms with Gasteiger partial charge in [0.15, 0.2) is 5.69 Å². The van der Waals surface area contributed by atoms with Gasteiger partial charge in [-0.15, -0.1) is 0 Å². The van der Waals surface area contributed by atoms with Gasteiger partial charge in [0.05, 0.1) is 16.1 Å². The van der Waals surface area contributed by atoms with Crippen molar-refractivity contribution in [3.05, 3.63) is 34.2 Å². The van der Waals surface area contributed by atoms with Gasteiger partial charge in [-0.25, -0.2) is 8.78 Å². The first-order valence-corrected chi connectivity index (χ1v) is 12.9. The van der Waals surface area contributed by atoms with E-state index in [0.29, 0.717) is 25.3 Å². The van der Waals surface area contributed by atoms with Crippen LogP contribution in [0.2, 0.25) is 5.02 Å². The molecule has 0 unspecified atom stereocenters. The van der Waals surface area contributed by atoms with E-state index in [9.17, 15) is 26.7 Å². The molecular formula is C26H34ClF5N4O. The summed E-state index contributed by atoms with van der Waals surface area (Å²) in [5.41, 5.74) is -2.91. The molecule has 1 saturated carbocycles. The van der Waals surface area contributed by atoms with Crippen LogP contribution in [0, 0.1) is 17.3 Å². The zero-order valence-corrected chi connectivity index (χ0v) is 22.5. The van der Waals surface area contributed by atoms with Gasteiger partial charge in [-0.05, 0) is 37.7 Å². The molecule has 37 heavy (non-hydrogen) atoms. The minimum atomic E-state index is -4.54. The van der Waals surface area contributed by atoms with Crippen molar-refractivity contribution in [2.45, 2.75) is 85.4 Å². The Morgan fingerprint density at radius 3 is 2.30 bits per heavy atom. The number of amides is 1. The molecule has 1 aliphatic rings. The normalized spacial score (nSPS) is 19.2. The molecular weight excluding hydrogens is 515 g/mol. The summed E-state index contributed by atoms with van der Waals surface area (Å²) in [5.74, 6) is -2.88. The molecule has 0 aliphatic heterocycles. The molecule has 1 N–H and O–H groups in total. The van der Waals surface area contributed by atoms with E-state index in [1.165, 1.54) is 4.68 Å². The van der Waals surface area contributed by atoms with Crippen LogP contribution in [0.1, 0.15) is 82.0 Å². The number of aryl methyl sites for hydroxylation is 1. The van der Waals surface area contributed by atoms with Gasteiger partial charge in [-0.3, -0.25) is 14.5 Å². The van der Waals surface area contributed by atoms with Gasteiger partial charge in [0.25, 0.3) is 11.8 Å². The molecule has 0 atom stereocenters. The lowest BCUT2D eigenvalue weighted by Gasteiger charge is -2.28. The maximum Gasteiger partial charge on any atom is 0.394 e. The first-order valence-electron chi connectivity index (χ1n) is 12.5. The Morgan fingerprint density at radius 2 is 1.76 bits per heavy atom. The molecule has 1 fully saturated rings. The van der Waals surface area contributed by atoms with Crippen molar-refractivity contribution in [1.29, 1.82) is 0 Å². The van der Waals surface area contributed by atoms with E-state index in [2.05, 4.69) is 22.3 Å². The Kier molecular flexibility index (Phi) is 8.61. The molecule has 0 aromatic carbocycles. The molecule has 2 aromatic heterocycles. The van der Waals surface area contributed by atoms with Crippen LogP contribution in [0.4, 0.5) is 22.0 Å². The van der Waals surface area contributed by atoms with Gasteiger partial charge in [0, 0.05) is 49.5 Å². The molecule has 0 bridgehead atoms. The maximum absolute atomic E-state index is 14.7. The second-order valence-electron chi connectivity index (χ2n) is 10.8. The van der Waals surface area contributed by atoms with Gasteiger partial charge < -0.3 is 5.32 Å². The number of halogens is 6. The summed E-state index contributed by atoms with van der Waals surface area (Å²) in [6, 6.07) is 0.982. The van der Waals surface area contributed by atoms with Crippen molar-refractivity contribution in [2.75, 3.05) is 6.54 Å². The van der Waals surface area contributed by atoms with Crippen LogP contribution in [0.5, 0.6) is 0 Å². The molecule has 2 heterocycles. The number of nitrogens with one attached hydrogen (secondary N) is 1. The molecule has 0 saturated heterocycles. The quantitative estimate of drug-likeness (QED) is 0.349. The van der Waals surface area contributed by atoms with E-state index in [1.54, 1.807) is 6.92 Å². The van der Waals surface area contributed by atoms with E-state index in [4.69, 9.17) is 11.6 Å². The zero-order valence-electron chi connectivity index (χ0n) is 21.8. The Balaban J connectivity index is 1.95. The highest BCUT2D eigenvalue weighted by Crippen LogP contribution is 2.43. The highest BCUT2D eigenvalue weighted by molar-refractivity contribution is 6.36. The number of rotatable bonds is 8. The van der Waals surface area contributed by atoms with Crippen molar-refractivity contribution in [1.82, 2.24) is 20.1 Å². The summed E-state index contributed by atoms with van der Waals surface area (Å²) < 4.78 is 71.0. The van der Waals surface area contributed by atoms with Gasteiger partial charge in [-0.1, -0.05) is 45.2 Å². The number of hydrogen-bond donors (Lipinski definition) is 1. The van der Waals surface area contributed by atoms with Crippen LogP contribution >= 0.6 is 11.6 Å². The SMILES string of the molecule is CCn1nc(C(=O)NCC2CCC(C)CC2)c(Cl)c1-c1cnc(CC(C)(C)C(F)(F)F)cc1C(C)(F)F. The number of hydrogen-bond acceptors (Lipinski definition) is 3. The van der Waals surface area contributed by atoms with Crippen molar-refractivity contribution >= 4 is 17.5 Å². The van der Waals surface area contributed by atoms with E-state index in [1.807, 2.05) is 0 Å². The molecule has 0 radical (unpaired) electrons. The lowest BCUT2D eigenvalue weighted by molar-refractivity contribution is -0.211. The van der Waals surface area contributed by atoms with E-state index in [-0.39, 0.29) is 34.2 Å². The number of carbonyl (C=O) groups excluding carboxylic acids is 1. The Morgan fingerprint density at radius 1 is 1.14 bits per heavy atom. The molecule has 11 heteroatoms. The van der Waals surface area contributed by atoms with Crippen LogP contribution in [0.3, 0.4) is 0 Å². The Labute approximate surface area is 219 Å². The summed E-state index contributed by atoms with van der Waals surface area (Å²) in [6.45, 7) is 7.27. The third kappa shape index (κ3) is 6.62. The van der Waals surface area contributed by atoms with E-state index < -0.39 is 35.4 Å². The summed E-state index contributed by atoms with van der Waals surface area (Å²) >= 11 is 6.54. The minimum Gasteiger partial charge on any atom is -0.350 e. The fourth-order valence-electron chi connectivity index (χ4n) is 4.63. The van der Waals surface area contributed by atoms with Gasteiger partial charge in [0.1, 0.15) is 0 Å². The van der Waals surface area contributed by atoms with Crippen LogP contribution in [0.25, 0.3) is 11.3 Å². The number of pyridine rings is 1. The molecule has 2 aromatic rings. The molecule has 0 spiro atoms. The molecule has 1 amide bonds. The largest absolute Gasteiger partial charge is 0.394 e. The van der Waals surface area contributed by atoms with E-state index >= 15 is 0 Å². The highest BCUT2D eigenvalue weighted by Gasteiger charge is 2.47. The van der Waals surface area contributed by atoms with Crippen molar-refractivity contribution in [3.63, 3.8) is 0 Å². The lowest BCUT2D eigenvalue weighted by Crippen LogP contribution is -2.34. The average molecular weight is 549 g/mol. The monoisotopic (exact) mass is 548 g/mol. The van der Waals surface area contributed by atoms with Crippen molar-refractivity contribution in [2.24, 2.45) is 17.3 Å². The summed E-state index contributed by atoms with van der Waals surface area (Å²) in [7, 11) is 0. The molecule has 1 aliphatic carbocycles. The second-order valence-corrected chi connectivity index (χ2v) is 11.2. The van der Waals surface area contributed by atoms with Gasteiger partial charge >= 0.3 is 6.18 Å². The molecule has 5 nitrogen and oxygen atoms in total. The summed E-state index contributed by atoms with van der Waals surface area (Å²) in [6.07, 6.45) is 0.219. The standard InChI is InChI=1S/C26H34ClF5N4O/c1-6-36-22(20(27)21(35-36)23(37)34-13-16-9-7-15(2)8-10-16)18-14-33-17(11-19(18)25(5,28)29)12-24(3,4)26(30,31)32/h11,14-16H,6-10,12-13H2,1-5H3,(H,34,37). The van der Waals surface area contributed by atoms with Crippen LogP contribution in [0.15, 0.2) is 12.3 Å². The summed E-state index contributed by atoms with van der Waals surface area (Å²) in [4.78, 5) is 17.0. The predicted molar refractivity (Wildman–Crippen MR) is 133 cm³/mol. The predicted octanol–water partition coefficient (Wildman–Crippen LogP) is 7.42. The van der Waals surface area contributed by atoms with Gasteiger partial charge in [-0.2, -0.15) is 18.3 Å². The molecule has 206 valence electrons. The first kappa shape index (κ1) is 29.3. The fraction of sp³-hybridized carbons (Fsp3) is 0.654. The zero-order chi connectivity index (χ0) is 27.8. The second kappa shape index (κ2) is 10.9. The fourth-order valence-corrected chi connectivity index (χ4v) is 4.95. The number of aromatic nitrogens is 3. The smallest absolute Gasteiger partial charge is 0.350 e. The van der Waals surface area contributed by atoms with Crippen LogP contribution in [-0.2, 0) is 18.9 Å². The number of alkyl halides is 5. The van der Waals surface area contributed by atoms with Crippen molar-refractivity contribution in [3.8, 4) is 11.3 Å². The third-order valence-electron chi connectivity index (χ3n) is 7.18. The van der Waals surface area contributed by atoms with Crippen LogP contribution < -0.4 is 5.32 Å². The Hall–Kier alpha value is -2.23.